The molecule has 0 bridgehead atoms. The molecule has 1 heterocycles. The van der Waals surface area contributed by atoms with E-state index in [4.69, 9.17) is 0 Å². The third-order valence-corrected chi connectivity index (χ3v) is 3.60. The van der Waals surface area contributed by atoms with E-state index in [0.717, 1.165) is 6.54 Å². The van der Waals surface area contributed by atoms with Crippen LogP contribution in [-0.2, 0) is 0 Å². The lowest BCUT2D eigenvalue weighted by atomic mass is 10.2. The van der Waals surface area contributed by atoms with Gasteiger partial charge < -0.3 is 25.5 Å². The van der Waals surface area contributed by atoms with Gasteiger partial charge in [0.25, 0.3) is 0 Å². The van der Waals surface area contributed by atoms with Gasteiger partial charge in [0.05, 0.1) is 5.69 Å². The fourth-order valence-electron chi connectivity index (χ4n) is 2.36. The van der Waals surface area contributed by atoms with Crippen LogP contribution >= 0.6 is 12.4 Å². The van der Waals surface area contributed by atoms with Crippen molar-refractivity contribution in [3.63, 3.8) is 0 Å². The summed E-state index contributed by atoms with van der Waals surface area (Å²) in [5.74, 6) is -0.207. The first-order valence-corrected chi connectivity index (χ1v) is 7.25. The van der Waals surface area contributed by atoms with Crippen molar-refractivity contribution < 1.29 is 14.7 Å². The Morgan fingerprint density at radius 3 is 2.39 bits per heavy atom. The van der Waals surface area contributed by atoms with E-state index in [0.29, 0.717) is 38.4 Å². The fraction of sp³-hybridized carbons (Fsp3) is 0.533. The van der Waals surface area contributed by atoms with E-state index in [-0.39, 0.29) is 29.7 Å². The van der Waals surface area contributed by atoms with Crippen molar-refractivity contribution in [1.29, 1.82) is 0 Å². The van der Waals surface area contributed by atoms with E-state index in [1.165, 1.54) is 6.07 Å². The first-order chi connectivity index (χ1) is 10.1. The van der Waals surface area contributed by atoms with Crippen molar-refractivity contribution in [1.82, 2.24) is 15.1 Å². The molecule has 0 aliphatic carbocycles. The van der Waals surface area contributed by atoms with Gasteiger partial charge in [-0.05, 0) is 26.2 Å². The second kappa shape index (κ2) is 10.3. The Labute approximate surface area is 143 Å². The van der Waals surface area contributed by atoms with E-state index < -0.39 is 0 Å². The molecule has 1 aromatic rings. The number of nitrogens with zero attached hydrogens (tertiary/aromatic N) is 3. The largest absolute Gasteiger partial charge is 0.412 e. The Bertz CT molecular complexity index is 482. The van der Waals surface area contributed by atoms with E-state index in [2.05, 4.69) is 5.32 Å². The molecule has 0 saturated carbocycles. The molecule has 0 unspecified atom stereocenters. The smallest absolute Gasteiger partial charge is 0.317 e. The number of piperazine rings is 1. The maximum Gasteiger partial charge on any atom is 0.317 e. The lowest BCUT2D eigenvalue weighted by Crippen LogP contribution is -2.52. The molecule has 2 rings (SSSR count). The van der Waals surface area contributed by atoms with Crippen LogP contribution in [0.5, 0.6) is 0 Å². The average molecular weight is 349 g/mol. The molecule has 2 amide bonds. The molecule has 0 radical (unpaired) electrons. The fourth-order valence-corrected chi connectivity index (χ4v) is 2.36. The number of hydrogen-bond donors (Lipinski definition) is 1. The van der Waals surface area contributed by atoms with Gasteiger partial charge in [-0.1, -0.05) is 12.1 Å². The monoisotopic (exact) mass is 348 g/mol. The predicted octanol–water partition coefficient (Wildman–Crippen LogP) is 0.816. The number of anilines is 1. The Balaban J connectivity index is 0.00000242. The molecule has 8 heteroatoms. The van der Waals surface area contributed by atoms with Crippen LogP contribution < -0.4 is 10.2 Å². The molecule has 23 heavy (non-hydrogen) atoms. The summed E-state index contributed by atoms with van der Waals surface area (Å²) in [6.07, 6.45) is 0. The van der Waals surface area contributed by atoms with Gasteiger partial charge in [0.1, 0.15) is 5.82 Å². The minimum atomic E-state index is -0.207. The first kappa shape index (κ1) is 21.4. The third kappa shape index (κ3) is 6.21. The zero-order valence-electron chi connectivity index (χ0n) is 13.6. The molecule has 0 aromatic heterocycles. The van der Waals surface area contributed by atoms with Gasteiger partial charge in [-0.2, -0.15) is 0 Å². The molecule has 132 valence electrons. The number of carbonyl (C=O) groups excluding carboxylic acids is 1. The van der Waals surface area contributed by atoms with Crippen LogP contribution in [0.25, 0.3) is 0 Å². The number of halogens is 2. The van der Waals surface area contributed by atoms with Gasteiger partial charge in [0.2, 0.25) is 0 Å². The van der Waals surface area contributed by atoms with Crippen molar-refractivity contribution >= 4 is 24.1 Å². The first-order valence-electron chi connectivity index (χ1n) is 7.25. The maximum absolute atomic E-state index is 13.7. The normalized spacial score (nSPS) is 14.1. The summed E-state index contributed by atoms with van der Waals surface area (Å²) >= 11 is 0. The number of nitrogens with one attached hydrogen (secondary N) is 1. The van der Waals surface area contributed by atoms with Crippen molar-refractivity contribution in [2.45, 2.75) is 0 Å². The van der Waals surface area contributed by atoms with Crippen LogP contribution in [0.3, 0.4) is 0 Å². The minimum Gasteiger partial charge on any atom is -0.412 e. The average Bonchev–Trinajstić information content (AvgIpc) is 2.47. The summed E-state index contributed by atoms with van der Waals surface area (Å²) in [5, 5.41) is 2.90. The maximum atomic E-state index is 13.7. The highest BCUT2D eigenvalue weighted by Crippen LogP contribution is 2.19. The summed E-state index contributed by atoms with van der Waals surface area (Å²) in [6.45, 7) is 3.99. The molecule has 6 nitrogen and oxygen atoms in total. The van der Waals surface area contributed by atoms with E-state index in [1.54, 1.807) is 17.0 Å². The molecule has 3 N–H and O–H groups in total. The summed E-state index contributed by atoms with van der Waals surface area (Å²) in [5.41, 5.74) is 0.616. The molecule has 1 fully saturated rings. The molecule has 1 aromatic carbocycles. The second-order valence-electron chi connectivity index (χ2n) is 5.46. The summed E-state index contributed by atoms with van der Waals surface area (Å²) in [6, 6.07) is 6.73. The number of amides is 2. The third-order valence-electron chi connectivity index (χ3n) is 3.60. The van der Waals surface area contributed by atoms with Crippen molar-refractivity contribution in [2.24, 2.45) is 0 Å². The van der Waals surface area contributed by atoms with Crippen LogP contribution in [0.1, 0.15) is 0 Å². The minimum absolute atomic E-state index is 0. The molecular weight excluding hydrogens is 323 g/mol. The number of carbonyl (C=O) groups is 1. The highest BCUT2D eigenvalue weighted by molar-refractivity contribution is 5.85. The van der Waals surface area contributed by atoms with Gasteiger partial charge in [0.15, 0.2) is 0 Å². The Kier molecular flexibility index (Phi) is 9.55. The van der Waals surface area contributed by atoms with Crippen molar-refractivity contribution in [2.75, 3.05) is 58.3 Å². The second-order valence-corrected chi connectivity index (χ2v) is 5.46. The highest BCUT2D eigenvalue weighted by atomic mass is 35.5. The molecule has 0 spiro atoms. The molecule has 0 atom stereocenters. The lowest BCUT2D eigenvalue weighted by Gasteiger charge is -2.36. The zero-order valence-corrected chi connectivity index (χ0v) is 14.4. The summed E-state index contributed by atoms with van der Waals surface area (Å²) in [4.78, 5) is 17.8. The van der Waals surface area contributed by atoms with Gasteiger partial charge >= 0.3 is 6.03 Å². The molecular formula is C15H26ClFN4O2. The predicted molar refractivity (Wildman–Crippen MR) is 93.0 cm³/mol. The van der Waals surface area contributed by atoms with E-state index in [9.17, 15) is 9.18 Å². The Morgan fingerprint density at radius 1 is 1.22 bits per heavy atom. The van der Waals surface area contributed by atoms with Gasteiger partial charge in [-0.25, -0.2) is 9.18 Å². The van der Waals surface area contributed by atoms with Crippen molar-refractivity contribution in [3.05, 3.63) is 30.1 Å². The van der Waals surface area contributed by atoms with Gasteiger partial charge in [-0.3, -0.25) is 0 Å². The van der Waals surface area contributed by atoms with E-state index >= 15 is 0 Å². The molecule has 1 saturated heterocycles. The standard InChI is InChI=1S/C15H23FN4O.ClH.H2O/c1-18(2)8-7-17-15(21)20-11-9-19(10-12-20)14-6-4-3-5-13(14)16;;/h3-6H,7-12H2,1-2H3,(H,17,21);1H;1H2. The van der Waals surface area contributed by atoms with Crippen molar-refractivity contribution in [3.8, 4) is 0 Å². The van der Waals surface area contributed by atoms with Crippen LogP contribution in [0.2, 0.25) is 0 Å². The number of para-hydroxylation sites is 1. The number of likely N-dealkylation sites (N-methyl/N-ethyl adjacent to an activating group) is 1. The number of rotatable bonds is 4. The SMILES string of the molecule is CN(C)CCNC(=O)N1CCN(c2ccccc2F)CC1.Cl.O. The number of benzene rings is 1. The summed E-state index contributed by atoms with van der Waals surface area (Å²) < 4.78 is 13.7. The van der Waals surface area contributed by atoms with E-state index in [1.807, 2.05) is 30.0 Å². The Hall–Kier alpha value is -1.57. The van der Waals surface area contributed by atoms with Crippen LogP contribution in [-0.4, -0.2) is 74.7 Å². The van der Waals surface area contributed by atoms with Crippen LogP contribution in [0, 0.1) is 5.82 Å². The molecule has 1 aliphatic heterocycles. The Morgan fingerprint density at radius 2 is 1.83 bits per heavy atom. The van der Waals surface area contributed by atoms with Gasteiger partial charge in [0, 0.05) is 39.3 Å². The number of hydrogen-bond acceptors (Lipinski definition) is 3. The van der Waals surface area contributed by atoms with Crippen LogP contribution in [0.4, 0.5) is 14.9 Å². The molecule has 1 aliphatic rings. The quantitative estimate of drug-likeness (QED) is 0.875. The van der Waals surface area contributed by atoms with Gasteiger partial charge in [-0.15, -0.1) is 12.4 Å². The number of urea groups is 1. The summed E-state index contributed by atoms with van der Waals surface area (Å²) in [7, 11) is 3.94. The zero-order chi connectivity index (χ0) is 15.2. The topological polar surface area (TPSA) is 70.3 Å². The lowest BCUT2D eigenvalue weighted by molar-refractivity contribution is 0.193. The highest BCUT2D eigenvalue weighted by Gasteiger charge is 2.22. The van der Waals surface area contributed by atoms with Crippen LogP contribution in [0.15, 0.2) is 24.3 Å².